The zero-order valence-electron chi connectivity index (χ0n) is 8.82. The van der Waals surface area contributed by atoms with E-state index in [4.69, 9.17) is 4.74 Å². The van der Waals surface area contributed by atoms with Gasteiger partial charge in [-0.1, -0.05) is 0 Å². The first-order chi connectivity index (χ1) is 6.92. The van der Waals surface area contributed by atoms with Crippen LogP contribution in [-0.4, -0.2) is 42.5 Å². The van der Waals surface area contributed by atoms with E-state index in [0.717, 1.165) is 24.9 Å². The van der Waals surface area contributed by atoms with Gasteiger partial charge in [0.15, 0.2) is 0 Å². The Kier molecular flexibility index (Phi) is 4.14. The van der Waals surface area contributed by atoms with Crippen molar-refractivity contribution in [1.29, 1.82) is 0 Å². The van der Waals surface area contributed by atoms with Crippen molar-refractivity contribution >= 4 is 12.6 Å². The minimum Gasteiger partial charge on any atom is -0.375 e. The van der Waals surface area contributed by atoms with Crippen LogP contribution in [0.25, 0.3) is 0 Å². The van der Waals surface area contributed by atoms with Gasteiger partial charge in [-0.15, -0.1) is 0 Å². The minimum absolute atomic E-state index is 0.555. The number of ether oxygens (including phenoxy) is 1. The second-order valence-electron chi connectivity index (χ2n) is 4.37. The molecule has 0 aromatic carbocycles. The topological polar surface area (TPSA) is 12.5 Å². The van der Waals surface area contributed by atoms with E-state index < -0.39 is 0 Å². The highest BCUT2D eigenvalue weighted by molar-refractivity contribution is 7.80. The average Bonchev–Trinajstić information content (AvgIpc) is 2.67. The lowest BCUT2D eigenvalue weighted by molar-refractivity contribution is -0.0557. The zero-order valence-corrected chi connectivity index (χ0v) is 9.72. The van der Waals surface area contributed by atoms with Crippen LogP contribution in [0, 0.1) is 0 Å². The molecule has 1 aliphatic heterocycles. The van der Waals surface area contributed by atoms with Crippen LogP contribution < -0.4 is 0 Å². The summed E-state index contributed by atoms with van der Waals surface area (Å²) in [6, 6.07) is 0.740. The van der Waals surface area contributed by atoms with Gasteiger partial charge in [0.1, 0.15) is 0 Å². The van der Waals surface area contributed by atoms with Gasteiger partial charge in [0, 0.05) is 12.6 Å². The molecule has 2 fully saturated rings. The van der Waals surface area contributed by atoms with Crippen LogP contribution in [0.4, 0.5) is 0 Å². The first kappa shape index (κ1) is 10.8. The summed E-state index contributed by atoms with van der Waals surface area (Å²) < 4.78 is 5.78. The van der Waals surface area contributed by atoms with Gasteiger partial charge < -0.3 is 4.74 Å². The molecular formula is C11H21NOS. The molecule has 2 unspecified atom stereocenters. The fraction of sp³-hybridized carbons (Fsp3) is 1.00. The Morgan fingerprint density at radius 1 is 1.29 bits per heavy atom. The number of hydrogen-bond donors (Lipinski definition) is 1. The number of unbranched alkanes of at least 4 members (excludes halogenated alkanes) is 1. The molecular weight excluding hydrogens is 194 g/mol. The van der Waals surface area contributed by atoms with Crippen LogP contribution in [0.2, 0.25) is 0 Å². The minimum atomic E-state index is 0.555. The van der Waals surface area contributed by atoms with Gasteiger partial charge >= 0.3 is 0 Å². The highest BCUT2D eigenvalue weighted by Gasteiger charge is 2.35. The Balaban J connectivity index is 1.78. The van der Waals surface area contributed by atoms with Gasteiger partial charge in [-0.25, -0.2) is 0 Å². The molecule has 2 rings (SSSR count). The van der Waals surface area contributed by atoms with Crippen LogP contribution in [0.15, 0.2) is 0 Å². The Hall–Kier alpha value is 0.270. The maximum Gasteiger partial charge on any atom is 0.0730 e. The van der Waals surface area contributed by atoms with Crippen molar-refractivity contribution < 1.29 is 4.74 Å². The van der Waals surface area contributed by atoms with E-state index in [1.165, 1.54) is 38.6 Å². The van der Waals surface area contributed by atoms with E-state index in [2.05, 4.69) is 17.5 Å². The number of thiol groups is 1. The van der Waals surface area contributed by atoms with Crippen LogP contribution in [0.3, 0.4) is 0 Å². The van der Waals surface area contributed by atoms with Crippen LogP contribution >= 0.6 is 12.6 Å². The summed E-state index contributed by atoms with van der Waals surface area (Å²) >= 11 is 4.25. The molecule has 1 aliphatic carbocycles. The number of nitrogens with zero attached hydrogens (tertiary/aromatic N) is 1. The van der Waals surface area contributed by atoms with Gasteiger partial charge in [0.2, 0.25) is 0 Å². The van der Waals surface area contributed by atoms with Gasteiger partial charge in [-0.3, -0.25) is 4.90 Å². The summed E-state index contributed by atoms with van der Waals surface area (Å²) in [7, 11) is 0. The molecule has 0 aromatic rings. The van der Waals surface area contributed by atoms with Crippen molar-refractivity contribution in [2.45, 2.75) is 44.2 Å². The predicted molar refractivity (Wildman–Crippen MR) is 62.0 cm³/mol. The normalized spacial score (nSPS) is 33.2. The van der Waals surface area contributed by atoms with E-state index in [9.17, 15) is 0 Å². The van der Waals surface area contributed by atoms with E-state index in [-0.39, 0.29) is 0 Å². The number of morpholine rings is 1. The fourth-order valence-electron chi connectivity index (χ4n) is 2.71. The summed E-state index contributed by atoms with van der Waals surface area (Å²) in [6.07, 6.45) is 7.10. The molecule has 3 heteroatoms. The molecule has 0 N–H and O–H groups in total. The summed E-state index contributed by atoms with van der Waals surface area (Å²) in [5.41, 5.74) is 0. The zero-order chi connectivity index (χ0) is 9.80. The molecule has 1 saturated heterocycles. The van der Waals surface area contributed by atoms with E-state index in [1.807, 2.05) is 0 Å². The largest absolute Gasteiger partial charge is 0.375 e. The third kappa shape index (κ3) is 2.44. The first-order valence-electron chi connectivity index (χ1n) is 5.88. The van der Waals surface area contributed by atoms with Crippen molar-refractivity contribution in [2.24, 2.45) is 0 Å². The standard InChI is InChI=1S/C11H21NOS/c14-9-2-1-6-12-7-8-13-11-5-3-4-10(11)12/h10-11,14H,1-9H2. The summed E-state index contributed by atoms with van der Waals surface area (Å²) in [6.45, 7) is 3.35. The first-order valence-corrected chi connectivity index (χ1v) is 6.51. The molecule has 2 nitrogen and oxygen atoms in total. The lowest BCUT2D eigenvalue weighted by Crippen LogP contribution is -2.48. The van der Waals surface area contributed by atoms with Crippen molar-refractivity contribution in [3.63, 3.8) is 0 Å². The smallest absolute Gasteiger partial charge is 0.0730 e. The summed E-state index contributed by atoms with van der Waals surface area (Å²) in [5, 5.41) is 0. The quantitative estimate of drug-likeness (QED) is 0.568. The van der Waals surface area contributed by atoms with Crippen LogP contribution in [0.5, 0.6) is 0 Å². The van der Waals surface area contributed by atoms with Crippen molar-refractivity contribution in [3.8, 4) is 0 Å². The molecule has 0 spiro atoms. The monoisotopic (exact) mass is 215 g/mol. The molecule has 82 valence electrons. The summed E-state index contributed by atoms with van der Waals surface area (Å²) in [4.78, 5) is 2.64. The molecule has 0 amide bonds. The highest BCUT2D eigenvalue weighted by atomic mass is 32.1. The van der Waals surface area contributed by atoms with Gasteiger partial charge in [-0.2, -0.15) is 12.6 Å². The van der Waals surface area contributed by atoms with Gasteiger partial charge in [-0.05, 0) is 44.4 Å². The Labute approximate surface area is 92.4 Å². The summed E-state index contributed by atoms with van der Waals surface area (Å²) in [5.74, 6) is 1.03. The van der Waals surface area contributed by atoms with E-state index in [0.29, 0.717) is 6.10 Å². The predicted octanol–water partition coefficient (Wildman–Crippen LogP) is 1.95. The molecule has 1 saturated carbocycles. The van der Waals surface area contributed by atoms with Crippen molar-refractivity contribution in [3.05, 3.63) is 0 Å². The maximum atomic E-state index is 5.78. The number of fused-ring (bicyclic) bond motifs is 1. The fourth-order valence-corrected chi connectivity index (χ4v) is 2.93. The lowest BCUT2D eigenvalue weighted by Gasteiger charge is -2.37. The van der Waals surface area contributed by atoms with Crippen molar-refractivity contribution in [1.82, 2.24) is 4.90 Å². The Morgan fingerprint density at radius 3 is 3.07 bits per heavy atom. The van der Waals surface area contributed by atoms with E-state index in [1.54, 1.807) is 0 Å². The molecule has 2 aliphatic rings. The molecule has 1 heterocycles. The Bertz CT molecular complexity index is 177. The third-order valence-electron chi connectivity index (χ3n) is 3.45. The molecule has 0 radical (unpaired) electrons. The van der Waals surface area contributed by atoms with Gasteiger partial charge in [0.25, 0.3) is 0 Å². The SMILES string of the molecule is SCCCCN1CCOC2CCCC21. The second kappa shape index (κ2) is 5.38. The van der Waals surface area contributed by atoms with Crippen LogP contribution in [-0.2, 0) is 4.74 Å². The molecule has 0 bridgehead atoms. The van der Waals surface area contributed by atoms with Crippen LogP contribution in [0.1, 0.15) is 32.1 Å². The van der Waals surface area contributed by atoms with E-state index >= 15 is 0 Å². The third-order valence-corrected chi connectivity index (χ3v) is 3.77. The maximum absolute atomic E-state index is 5.78. The molecule has 0 aromatic heterocycles. The Morgan fingerprint density at radius 2 is 2.21 bits per heavy atom. The molecule has 14 heavy (non-hydrogen) atoms. The lowest BCUT2D eigenvalue weighted by atomic mass is 10.1. The number of hydrogen-bond acceptors (Lipinski definition) is 3. The average molecular weight is 215 g/mol. The van der Waals surface area contributed by atoms with Gasteiger partial charge in [0.05, 0.1) is 12.7 Å². The molecule has 2 atom stereocenters. The number of rotatable bonds is 4. The highest BCUT2D eigenvalue weighted by Crippen LogP contribution is 2.29. The van der Waals surface area contributed by atoms with Crippen molar-refractivity contribution in [2.75, 3.05) is 25.4 Å². The second-order valence-corrected chi connectivity index (χ2v) is 4.82.